The molecule has 2 amide bonds. The Balaban J connectivity index is 1.37. The fraction of sp³-hybridized carbons (Fsp3) is 0.419. The van der Waals surface area contributed by atoms with E-state index in [9.17, 15) is 9.59 Å². The smallest absolute Gasteiger partial charge is 0.242 e. The summed E-state index contributed by atoms with van der Waals surface area (Å²) in [6.45, 7) is 6.78. The molecule has 1 aliphatic rings. The summed E-state index contributed by atoms with van der Waals surface area (Å²) in [5, 5.41) is 8.93. The Bertz CT molecular complexity index is 1270. The lowest BCUT2D eigenvalue weighted by Crippen LogP contribution is -2.47. The zero-order valence-corrected chi connectivity index (χ0v) is 23.9. The average molecular weight is 546 g/mol. The van der Waals surface area contributed by atoms with Crippen LogP contribution in [0.3, 0.4) is 0 Å². The Kier molecular flexibility index (Phi) is 9.94. The summed E-state index contributed by atoms with van der Waals surface area (Å²) < 4.78 is 10.7. The molecule has 0 saturated carbocycles. The van der Waals surface area contributed by atoms with Gasteiger partial charge in [-0.25, -0.2) is 0 Å². The van der Waals surface area contributed by atoms with Crippen LogP contribution in [0.4, 0.5) is 5.82 Å². The molecule has 9 heteroatoms. The lowest BCUT2D eigenvalue weighted by molar-refractivity contribution is -0.141. The molecule has 40 heavy (non-hydrogen) atoms. The second kappa shape index (κ2) is 13.8. The molecule has 1 atom stereocenters. The molecule has 0 spiro atoms. The molecule has 3 aromatic rings. The monoisotopic (exact) mass is 545 g/mol. The van der Waals surface area contributed by atoms with Crippen molar-refractivity contribution in [3.8, 4) is 22.8 Å². The first-order valence-corrected chi connectivity index (χ1v) is 13.9. The van der Waals surface area contributed by atoms with Crippen molar-refractivity contribution in [3.05, 3.63) is 66.2 Å². The molecule has 9 nitrogen and oxygen atoms in total. The third kappa shape index (κ3) is 7.08. The topological polar surface area (TPSA) is 88.1 Å². The SMILES string of the molecule is CCC(C)N(CC(=O)N1CCCN(c2ccc(-c3ccc(OC)c(OC)c3)nn2)CC1)C(=O)Cc1ccccc1. The summed E-state index contributed by atoms with van der Waals surface area (Å²) in [6, 6.07) is 19.2. The van der Waals surface area contributed by atoms with Gasteiger partial charge in [-0.3, -0.25) is 9.59 Å². The highest BCUT2D eigenvalue weighted by atomic mass is 16.5. The average Bonchev–Trinajstić information content (AvgIpc) is 3.26. The summed E-state index contributed by atoms with van der Waals surface area (Å²) in [4.78, 5) is 32.3. The zero-order valence-electron chi connectivity index (χ0n) is 23.9. The van der Waals surface area contributed by atoms with Gasteiger partial charge in [-0.1, -0.05) is 37.3 Å². The molecule has 0 N–H and O–H groups in total. The molecular formula is C31H39N5O4. The van der Waals surface area contributed by atoms with Crippen molar-refractivity contribution in [2.24, 2.45) is 0 Å². The van der Waals surface area contributed by atoms with E-state index in [1.165, 1.54) is 0 Å². The summed E-state index contributed by atoms with van der Waals surface area (Å²) in [6.07, 6.45) is 1.90. The highest BCUT2D eigenvalue weighted by Gasteiger charge is 2.26. The number of anilines is 1. The fourth-order valence-electron chi connectivity index (χ4n) is 4.87. The largest absolute Gasteiger partial charge is 0.493 e. The molecule has 212 valence electrons. The molecule has 2 aromatic carbocycles. The van der Waals surface area contributed by atoms with Gasteiger partial charge < -0.3 is 24.2 Å². The van der Waals surface area contributed by atoms with Crippen LogP contribution >= 0.6 is 0 Å². The second-order valence-electron chi connectivity index (χ2n) is 10.0. The van der Waals surface area contributed by atoms with Gasteiger partial charge in [-0.2, -0.15) is 0 Å². The van der Waals surface area contributed by atoms with Crippen LogP contribution in [0.1, 0.15) is 32.3 Å². The number of carbonyl (C=O) groups excluding carboxylic acids is 2. The number of amides is 2. The molecule has 2 heterocycles. The van der Waals surface area contributed by atoms with Crippen LogP contribution in [-0.4, -0.2) is 84.8 Å². The molecule has 0 radical (unpaired) electrons. The van der Waals surface area contributed by atoms with Crippen LogP contribution in [0.25, 0.3) is 11.3 Å². The first kappa shape index (κ1) is 28.9. The van der Waals surface area contributed by atoms with Crippen molar-refractivity contribution < 1.29 is 19.1 Å². The number of aromatic nitrogens is 2. The quantitative estimate of drug-likeness (QED) is 0.380. The van der Waals surface area contributed by atoms with Crippen LogP contribution in [0, 0.1) is 0 Å². The van der Waals surface area contributed by atoms with E-state index in [4.69, 9.17) is 9.47 Å². The number of ether oxygens (including phenoxy) is 2. The van der Waals surface area contributed by atoms with Crippen LogP contribution < -0.4 is 14.4 Å². The molecule has 1 aromatic heterocycles. The molecule has 1 unspecified atom stereocenters. The first-order valence-electron chi connectivity index (χ1n) is 13.9. The molecular weight excluding hydrogens is 506 g/mol. The Morgan fingerprint density at radius 1 is 0.925 bits per heavy atom. The van der Waals surface area contributed by atoms with Crippen LogP contribution in [0.15, 0.2) is 60.7 Å². The maximum absolute atomic E-state index is 13.3. The minimum absolute atomic E-state index is 0.0110. The number of hydrogen-bond donors (Lipinski definition) is 0. The van der Waals surface area contributed by atoms with E-state index in [0.717, 1.165) is 42.0 Å². The van der Waals surface area contributed by atoms with Crippen molar-refractivity contribution in [2.75, 3.05) is 51.8 Å². The van der Waals surface area contributed by atoms with Gasteiger partial charge in [0.1, 0.15) is 0 Å². The molecule has 1 saturated heterocycles. The molecule has 0 bridgehead atoms. The van der Waals surface area contributed by atoms with E-state index in [-0.39, 0.29) is 24.4 Å². The third-order valence-corrected chi connectivity index (χ3v) is 7.45. The molecule has 1 fully saturated rings. The maximum atomic E-state index is 13.3. The lowest BCUT2D eigenvalue weighted by Gasteiger charge is -2.31. The number of benzene rings is 2. The standard InChI is InChI=1S/C31H39N5O4/c1-5-23(2)36(30(37)20-24-10-7-6-8-11-24)22-31(38)35-17-9-16-34(18-19-35)29-15-13-26(32-33-29)25-12-14-27(39-3)28(21-25)40-4/h6-8,10-15,21,23H,5,9,16-20,22H2,1-4H3. The number of hydrogen-bond acceptors (Lipinski definition) is 7. The molecule has 1 aliphatic heterocycles. The maximum Gasteiger partial charge on any atom is 0.242 e. The highest BCUT2D eigenvalue weighted by molar-refractivity contribution is 5.86. The summed E-state index contributed by atoms with van der Waals surface area (Å²) in [7, 11) is 3.21. The minimum atomic E-state index is -0.0183. The van der Waals surface area contributed by atoms with Crippen molar-refractivity contribution >= 4 is 17.6 Å². The Morgan fingerprint density at radius 3 is 2.38 bits per heavy atom. The van der Waals surface area contributed by atoms with Gasteiger partial charge in [0.15, 0.2) is 17.3 Å². The van der Waals surface area contributed by atoms with Crippen molar-refractivity contribution in [1.29, 1.82) is 0 Å². The lowest BCUT2D eigenvalue weighted by atomic mass is 10.1. The van der Waals surface area contributed by atoms with E-state index in [1.807, 2.05) is 79.4 Å². The van der Waals surface area contributed by atoms with E-state index < -0.39 is 0 Å². The van der Waals surface area contributed by atoms with Crippen LogP contribution in [0.5, 0.6) is 11.5 Å². The van der Waals surface area contributed by atoms with Gasteiger partial charge in [0, 0.05) is 37.8 Å². The fourth-order valence-corrected chi connectivity index (χ4v) is 4.87. The Hall–Kier alpha value is -4.14. The first-order chi connectivity index (χ1) is 19.4. The van der Waals surface area contributed by atoms with E-state index in [2.05, 4.69) is 15.1 Å². The minimum Gasteiger partial charge on any atom is -0.493 e. The summed E-state index contributed by atoms with van der Waals surface area (Å²) in [5.74, 6) is 2.04. The van der Waals surface area contributed by atoms with Gasteiger partial charge in [-0.15, -0.1) is 10.2 Å². The summed E-state index contributed by atoms with van der Waals surface area (Å²) in [5.41, 5.74) is 2.58. The highest BCUT2D eigenvalue weighted by Crippen LogP contribution is 2.31. The number of rotatable bonds is 10. The zero-order chi connectivity index (χ0) is 28.5. The van der Waals surface area contributed by atoms with Crippen molar-refractivity contribution in [3.63, 3.8) is 0 Å². The van der Waals surface area contributed by atoms with Crippen LogP contribution in [0.2, 0.25) is 0 Å². The molecule has 4 rings (SSSR count). The van der Waals surface area contributed by atoms with E-state index >= 15 is 0 Å². The van der Waals surface area contributed by atoms with Gasteiger partial charge in [0.05, 0.1) is 32.9 Å². The van der Waals surface area contributed by atoms with Crippen molar-refractivity contribution in [2.45, 2.75) is 39.2 Å². The van der Waals surface area contributed by atoms with Crippen LogP contribution in [-0.2, 0) is 16.0 Å². The molecule has 0 aliphatic carbocycles. The predicted molar refractivity (Wildman–Crippen MR) is 156 cm³/mol. The predicted octanol–water partition coefficient (Wildman–Crippen LogP) is 4.07. The Labute approximate surface area is 236 Å². The third-order valence-electron chi connectivity index (χ3n) is 7.45. The normalized spacial score (nSPS) is 14.3. The summed E-state index contributed by atoms with van der Waals surface area (Å²) >= 11 is 0. The van der Waals surface area contributed by atoms with Gasteiger partial charge >= 0.3 is 0 Å². The second-order valence-corrected chi connectivity index (χ2v) is 10.0. The number of methoxy groups -OCH3 is 2. The van der Waals surface area contributed by atoms with Gasteiger partial charge in [0.2, 0.25) is 11.8 Å². The van der Waals surface area contributed by atoms with Gasteiger partial charge in [0.25, 0.3) is 0 Å². The van der Waals surface area contributed by atoms with Gasteiger partial charge in [-0.05, 0) is 55.7 Å². The number of carbonyl (C=O) groups is 2. The Morgan fingerprint density at radius 2 is 1.70 bits per heavy atom. The van der Waals surface area contributed by atoms with E-state index in [1.54, 1.807) is 19.1 Å². The van der Waals surface area contributed by atoms with E-state index in [0.29, 0.717) is 37.6 Å². The van der Waals surface area contributed by atoms with Crippen molar-refractivity contribution in [1.82, 2.24) is 20.0 Å². The number of nitrogens with zero attached hydrogens (tertiary/aromatic N) is 5.